The highest BCUT2D eigenvalue weighted by molar-refractivity contribution is 5.85. The number of amides is 1. The highest BCUT2D eigenvalue weighted by Gasteiger charge is 2.42. The molecule has 1 aliphatic carbocycles. The van der Waals surface area contributed by atoms with E-state index in [2.05, 4.69) is 6.92 Å². The second kappa shape index (κ2) is 8.07. The topological polar surface area (TPSA) is 73.3 Å². The number of carbonyl (C=O) groups is 1. The molecule has 0 spiro atoms. The lowest BCUT2D eigenvalue weighted by molar-refractivity contribution is -0.130. The molecule has 0 radical (unpaired) electrons. The third-order valence-corrected chi connectivity index (χ3v) is 6.19. The van der Waals surface area contributed by atoms with Crippen LogP contribution in [-0.4, -0.2) is 39.1 Å². The number of hydrogen-bond acceptors (Lipinski definition) is 3. The molecule has 2 aromatic rings. The van der Waals surface area contributed by atoms with Crippen LogP contribution in [0.25, 0.3) is 11.0 Å². The van der Waals surface area contributed by atoms with Gasteiger partial charge in [-0.1, -0.05) is 19.1 Å². The van der Waals surface area contributed by atoms with Crippen molar-refractivity contribution in [2.45, 2.75) is 51.7 Å². The number of aryl methyl sites for hydroxylation is 2. The van der Waals surface area contributed by atoms with E-state index in [4.69, 9.17) is 5.73 Å². The first kappa shape index (κ1) is 20.0. The molecule has 1 amide bonds. The van der Waals surface area contributed by atoms with Crippen molar-refractivity contribution in [3.63, 3.8) is 0 Å². The molecule has 6 nitrogen and oxygen atoms in total. The normalized spacial score (nSPS) is 24.2. The number of carbonyl (C=O) groups excluding carboxylic acids is 1. The largest absolute Gasteiger partial charge is 0.342 e. The number of nitrogens with two attached hydrogens (primary N) is 1. The molecule has 1 aromatic carbocycles. The van der Waals surface area contributed by atoms with Crippen molar-refractivity contribution in [1.82, 2.24) is 14.0 Å². The van der Waals surface area contributed by atoms with E-state index >= 15 is 0 Å². The summed E-state index contributed by atoms with van der Waals surface area (Å²) in [7, 11) is 0. The lowest BCUT2D eigenvalue weighted by Crippen LogP contribution is -2.34. The number of fused-ring (bicyclic) bond motifs is 2. The maximum absolute atomic E-state index is 12.8. The molecule has 2 N–H and O–H groups in total. The lowest BCUT2D eigenvalue weighted by atomic mass is 9.98. The summed E-state index contributed by atoms with van der Waals surface area (Å²) < 4.78 is 3.57. The van der Waals surface area contributed by atoms with Crippen LogP contribution in [0.4, 0.5) is 0 Å². The van der Waals surface area contributed by atoms with Crippen LogP contribution in [0.3, 0.4) is 0 Å². The second-order valence-electron chi connectivity index (χ2n) is 7.79. The standard InChI is InChI=1S/C20H28N4O2.ClH/c1-2-10-23-17-5-3-4-6-18(17)24(20(23)26)11-9-19(25)22-12-14-7-8-16(21)15(14)13-22;/h3-6,14-16H,2,7-13,21H2,1H3;1H. The Morgan fingerprint density at radius 3 is 2.41 bits per heavy atom. The van der Waals surface area contributed by atoms with Gasteiger partial charge in [-0.3, -0.25) is 13.9 Å². The summed E-state index contributed by atoms with van der Waals surface area (Å²) in [5, 5.41) is 0. The Morgan fingerprint density at radius 1 is 1.11 bits per heavy atom. The zero-order valence-electron chi connectivity index (χ0n) is 15.8. The number of rotatable bonds is 5. The molecule has 1 saturated heterocycles. The van der Waals surface area contributed by atoms with Gasteiger partial charge in [0, 0.05) is 38.6 Å². The number of imidazole rings is 1. The van der Waals surface area contributed by atoms with Crippen LogP contribution in [0.5, 0.6) is 0 Å². The number of halogens is 1. The third kappa shape index (κ3) is 3.52. The minimum absolute atomic E-state index is 0. The van der Waals surface area contributed by atoms with Gasteiger partial charge in [0.1, 0.15) is 0 Å². The maximum atomic E-state index is 12.8. The van der Waals surface area contributed by atoms with E-state index in [1.807, 2.05) is 33.7 Å². The first-order chi connectivity index (χ1) is 12.6. The predicted molar refractivity (Wildman–Crippen MR) is 109 cm³/mol. The van der Waals surface area contributed by atoms with Crippen LogP contribution in [0, 0.1) is 11.8 Å². The fourth-order valence-electron chi connectivity index (χ4n) is 4.80. The fraction of sp³-hybridized carbons (Fsp3) is 0.600. The summed E-state index contributed by atoms with van der Waals surface area (Å²) in [6.07, 6.45) is 3.50. The summed E-state index contributed by atoms with van der Waals surface area (Å²) in [5.41, 5.74) is 8.03. The van der Waals surface area contributed by atoms with Crippen molar-refractivity contribution in [3.8, 4) is 0 Å². The monoisotopic (exact) mass is 392 g/mol. The smallest absolute Gasteiger partial charge is 0.329 e. The first-order valence-corrected chi connectivity index (χ1v) is 9.81. The zero-order valence-corrected chi connectivity index (χ0v) is 16.7. The molecule has 1 aromatic heterocycles. The molecule has 2 aliphatic rings. The van der Waals surface area contributed by atoms with E-state index in [1.165, 1.54) is 0 Å². The minimum Gasteiger partial charge on any atom is -0.342 e. The lowest BCUT2D eigenvalue weighted by Gasteiger charge is -2.18. The minimum atomic E-state index is -0.0128. The van der Waals surface area contributed by atoms with E-state index in [0.717, 1.165) is 43.4 Å². The van der Waals surface area contributed by atoms with Gasteiger partial charge in [-0.15, -0.1) is 12.4 Å². The van der Waals surface area contributed by atoms with Crippen molar-refractivity contribution in [2.24, 2.45) is 17.6 Å². The number of benzene rings is 1. The zero-order chi connectivity index (χ0) is 18.3. The van der Waals surface area contributed by atoms with Gasteiger partial charge in [0.15, 0.2) is 0 Å². The quantitative estimate of drug-likeness (QED) is 0.847. The van der Waals surface area contributed by atoms with Crippen molar-refractivity contribution in [3.05, 3.63) is 34.7 Å². The van der Waals surface area contributed by atoms with Gasteiger partial charge in [-0.05, 0) is 43.2 Å². The van der Waals surface area contributed by atoms with Crippen LogP contribution < -0.4 is 11.4 Å². The van der Waals surface area contributed by atoms with Crippen LogP contribution in [0.15, 0.2) is 29.1 Å². The Hall–Kier alpha value is -1.79. The maximum Gasteiger partial charge on any atom is 0.329 e. The van der Waals surface area contributed by atoms with E-state index in [0.29, 0.717) is 31.3 Å². The molecule has 27 heavy (non-hydrogen) atoms. The Kier molecular flexibility index (Phi) is 5.96. The Bertz CT molecular complexity index is 874. The Morgan fingerprint density at radius 2 is 1.78 bits per heavy atom. The van der Waals surface area contributed by atoms with Gasteiger partial charge in [0.2, 0.25) is 5.91 Å². The average molecular weight is 393 g/mol. The van der Waals surface area contributed by atoms with Gasteiger partial charge in [-0.2, -0.15) is 0 Å². The average Bonchev–Trinajstić information content (AvgIpc) is 3.29. The molecule has 3 atom stereocenters. The van der Waals surface area contributed by atoms with Gasteiger partial charge in [-0.25, -0.2) is 4.79 Å². The number of nitrogens with zero attached hydrogens (tertiary/aromatic N) is 3. The molecule has 1 saturated carbocycles. The summed E-state index contributed by atoms with van der Waals surface area (Å²) in [6, 6.07) is 8.09. The molecular formula is C20H29ClN4O2. The van der Waals surface area contributed by atoms with E-state index in [1.54, 1.807) is 4.57 Å². The van der Waals surface area contributed by atoms with Crippen LogP contribution >= 0.6 is 12.4 Å². The van der Waals surface area contributed by atoms with Crippen LogP contribution in [-0.2, 0) is 17.9 Å². The number of aromatic nitrogens is 2. The molecular weight excluding hydrogens is 364 g/mol. The molecule has 1 aliphatic heterocycles. The van der Waals surface area contributed by atoms with Gasteiger partial charge in [0.25, 0.3) is 0 Å². The van der Waals surface area contributed by atoms with Crippen molar-refractivity contribution in [2.75, 3.05) is 13.1 Å². The molecule has 2 heterocycles. The molecule has 4 rings (SSSR count). The second-order valence-corrected chi connectivity index (χ2v) is 7.79. The SMILES string of the molecule is CCCn1c(=O)n(CCC(=O)N2CC3CCC(N)C3C2)c2ccccc21.Cl. The van der Waals surface area contributed by atoms with E-state index < -0.39 is 0 Å². The molecule has 3 unspecified atom stereocenters. The van der Waals surface area contributed by atoms with Crippen molar-refractivity contribution >= 4 is 29.3 Å². The highest BCUT2D eigenvalue weighted by atomic mass is 35.5. The van der Waals surface area contributed by atoms with E-state index in [-0.39, 0.29) is 30.0 Å². The van der Waals surface area contributed by atoms with E-state index in [9.17, 15) is 9.59 Å². The molecule has 7 heteroatoms. The van der Waals surface area contributed by atoms with Crippen LogP contribution in [0.1, 0.15) is 32.6 Å². The number of para-hydroxylation sites is 2. The van der Waals surface area contributed by atoms with Crippen molar-refractivity contribution in [1.29, 1.82) is 0 Å². The molecule has 0 bridgehead atoms. The number of likely N-dealkylation sites (tertiary alicyclic amines) is 1. The fourth-order valence-corrected chi connectivity index (χ4v) is 4.80. The summed E-state index contributed by atoms with van der Waals surface area (Å²) in [6.45, 7) is 4.83. The summed E-state index contributed by atoms with van der Waals surface area (Å²) in [5.74, 6) is 1.18. The van der Waals surface area contributed by atoms with Crippen LogP contribution in [0.2, 0.25) is 0 Å². The third-order valence-electron chi connectivity index (χ3n) is 6.19. The van der Waals surface area contributed by atoms with Gasteiger partial charge < -0.3 is 10.6 Å². The predicted octanol–water partition coefficient (Wildman–Crippen LogP) is 2.22. The Balaban J connectivity index is 0.00000210. The number of hydrogen-bond donors (Lipinski definition) is 1. The highest BCUT2D eigenvalue weighted by Crippen LogP contribution is 2.37. The first-order valence-electron chi connectivity index (χ1n) is 9.81. The van der Waals surface area contributed by atoms with Gasteiger partial charge in [0.05, 0.1) is 11.0 Å². The van der Waals surface area contributed by atoms with Gasteiger partial charge >= 0.3 is 5.69 Å². The summed E-state index contributed by atoms with van der Waals surface area (Å²) >= 11 is 0. The molecule has 148 valence electrons. The van der Waals surface area contributed by atoms with Crippen molar-refractivity contribution < 1.29 is 4.79 Å². The summed E-state index contributed by atoms with van der Waals surface area (Å²) in [4.78, 5) is 27.5. The molecule has 2 fully saturated rings. The Labute approximate surface area is 165 Å².